The van der Waals surface area contributed by atoms with Gasteiger partial charge >= 0.3 is 5.91 Å². The standard InChI is InChI=1S/C14H16N4O4S/c1-23(20,21)18-8-11-12(9-18)22-14(17-11)13(19)16-6-4-10-3-2-5-15-7-10/h2-3,5,7H,4,6,8-9H2,1H3,(H,16,19). The molecule has 0 atom stereocenters. The van der Waals surface area contributed by atoms with Crippen molar-refractivity contribution in [3.05, 3.63) is 47.4 Å². The largest absolute Gasteiger partial charge is 0.436 e. The van der Waals surface area contributed by atoms with Gasteiger partial charge in [-0.15, -0.1) is 0 Å². The summed E-state index contributed by atoms with van der Waals surface area (Å²) in [6.07, 6.45) is 5.22. The van der Waals surface area contributed by atoms with E-state index in [-0.39, 0.29) is 19.0 Å². The predicted molar refractivity (Wildman–Crippen MR) is 80.9 cm³/mol. The summed E-state index contributed by atoms with van der Waals surface area (Å²) in [7, 11) is -3.29. The number of nitrogens with one attached hydrogen (secondary N) is 1. The van der Waals surface area contributed by atoms with Gasteiger partial charge in [0.1, 0.15) is 5.76 Å². The Hall–Kier alpha value is -2.26. The van der Waals surface area contributed by atoms with E-state index in [9.17, 15) is 13.2 Å². The van der Waals surface area contributed by atoms with Crippen LogP contribution in [0.1, 0.15) is 27.7 Å². The molecule has 3 rings (SSSR count). The van der Waals surface area contributed by atoms with E-state index in [1.54, 1.807) is 12.4 Å². The van der Waals surface area contributed by atoms with Gasteiger partial charge in [0.15, 0.2) is 0 Å². The van der Waals surface area contributed by atoms with Crippen LogP contribution in [0.2, 0.25) is 0 Å². The summed E-state index contributed by atoms with van der Waals surface area (Å²) in [5, 5.41) is 2.72. The van der Waals surface area contributed by atoms with Crippen molar-refractivity contribution in [1.82, 2.24) is 19.6 Å². The van der Waals surface area contributed by atoms with Crippen molar-refractivity contribution in [2.24, 2.45) is 0 Å². The lowest BCUT2D eigenvalue weighted by atomic mass is 10.2. The van der Waals surface area contributed by atoms with Crippen molar-refractivity contribution in [2.45, 2.75) is 19.5 Å². The molecule has 23 heavy (non-hydrogen) atoms. The molecule has 0 aliphatic carbocycles. The van der Waals surface area contributed by atoms with E-state index < -0.39 is 15.9 Å². The summed E-state index contributed by atoms with van der Waals surface area (Å²) in [5.41, 5.74) is 1.51. The minimum atomic E-state index is -3.29. The number of amides is 1. The number of aromatic nitrogens is 2. The fourth-order valence-corrected chi connectivity index (χ4v) is 3.00. The van der Waals surface area contributed by atoms with E-state index in [2.05, 4.69) is 15.3 Å². The zero-order chi connectivity index (χ0) is 16.4. The minimum Gasteiger partial charge on any atom is -0.436 e. The second kappa shape index (κ2) is 6.09. The molecule has 0 saturated heterocycles. The van der Waals surface area contributed by atoms with E-state index in [1.165, 1.54) is 4.31 Å². The Kier molecular flexibility index (Phi) is 4.14. The maximum Gasteiger partial charge on any atom is 0.307 e. The third-order valence-electron chi connectivity index (χ3n) is 3.51. The molecule has 122 valence electrons. The molecule has 2 aromatic rings. The monoisotopic (exact) mass is 336 g/mol. The number of hydrogen-bond acceptors (Lipinski definition) is 6. The lowest BCUT2D eigenvalue weighted by molar-refractivity contribution is 0.0916. The zero-order valence-electron chi connectivity index (χ0n) is 12.5. The topological polar surface area (TPSA) is 105 Å². The van der Waals surface area contributed by atoms with Crippen LogP contribution in [0.5, 0.6) is 0 Å². The van der Waals surface area contributed by atoms with Crippen molar-refractivity contribution in [3.8, 4) is 0 Å². The van der Waals surface area contributed by atoms with Gasteiger partial charge in [-0.1, -0.05) is 6.07 Å². The number of carbonyl (C=O) groups is 1. The molecule has 0 unspecified atom stereocenters. The van der Waals surface area contributed by atoms with Gasteiger partial charge in [-0.05, 0) is 18.1 Å². The van der Waals surface area contributed by atoms with Crippen molar-refractivity contribution in [1.29, 1.82) is 0 Å². The van der Waals surface area contributed by atoms with Crippen molar-refractivity contribution in [3.63, 3.8) is 0 Å². The molecule has 0 spiro atoms. The molecule has 0 fully saturated rings. The van der Waals surface area contributed by atoms with Crippen LogP contribution in [0, 0.1) is 0 Å². The first-order chi connectivity index (χ1) is 10.9. The molecule has 1 N–H and O–H groups in total. The Morgan fingerprint density at radius 2 is 2.26 bits per heavy atom. The highest BCUT2D eigenvalue weighted by molar-refractivity contribution is 7.88. The molecule has 1 aliphatic heterocycles. The second-order valence-corrected chi connectivity index (χ2v) is 7.27. The molecule has 3 heterocycles. The highest BCUT2D eigenvalue weighted by Crippen LogP contribution is 2.25. The quantitative estimate of drug-likeness (QED) is 0.843. The van der Waals surface area contributed by atoms with Gasteiger partial charge in [0.2, 0.25) is 10.0 Å². The number of fused-ring (bicyclic) bond motifs is 1. The number of pyridine rings is 1. The van der Waals surface area contributed by atoms with Crippen LogP contribution in [0.3, 0.4) is 0 Å². The summed E-state index contributed by atoms with van der Waals surface area (Å²) >= 11 is 0. The van der Waals surface area contributed by atoms with Gasteiger partial charge in [-0.3, -0.25) is 9.78 Å². The number of nitrogens with zero attached hydrogens (tertiary/aromatic N) is 3. The number of oxazole rings is 1. The highest BCUT2D eigenvalue weighted by atomic mass is 32.2. The van der Waals surface area contributed by atoms with Crippen LogP contribution in [-0.4, -0.2) is 41.4 Å². The number of rotatable bonds is 5. The van der Waals surface area contributed by atoms with Crippen LogP contribution < -0.4 is 5.32 Å². The van der Waals surface area contributed by atoms with Gasteiger partial charge in [0.25, 0.3) is 5.89 Å². The van der Waals surface area contributed by atoms with Crippen molar-refractivity contribution in [2.75, 3.05) is 12.8 Å². The molecule has 0 bridgehead atoms. The summed E-state index contributed by atoms with van der Waals surface area (Å²) in [6, 6.07) is 3.77. The smallest absolute Gasteiger partial charge is 0.307 e. The fourth-order valence-electron chi connectivity index (χ4n) is 2.29. The fraction of sp³-hybridized carbons (Fsp3) is 0.357. The van der Waals surface area contributed by atoms with Gasteiger partial charge in [-0.25, -0.2) is 13.4 Å². The molecule has 1 amide bonds. The third-order valence-corrected chi connectivity index (χ3v) is 4.71. The Bertz CT molecular complexity index is 793. The molecular weight excluding hydrogens is 320 g/mol. The summed E-state index contributed by atoms with van der Waals surface area (Å²) in [4.78, 5) is 20.1. The molecule has 8 nitrogen and oxygen atoms in total. The van der Waals surface area contributed by atoms with Gasteiger partial charge < -0.3 is 9.73 Å². The van der Waals surface area contributed by atoms with Crippen LogP contribution >= 0.6 is 0 Å². The zero-order valence-corrected chi connectivity index (χ0v) is 13.3. The minimum absolute atomic E-state index is 0.0330. The Morgan fingerprint density at radius 3 is 2.91 bits per heavy atom. The first kappa shape index (κ1) is 15.6. The number of sulfonamides is 1. The van der Waals surface area contributed by atoms with E-state index in [0.29, 0.717) is 24.4 Å². The van der Waals surface area contributed by atoms with E-state index >= 15 is 0 Å². The molecular formula is C14H16N4O4S. The van der Waals surface area contributed by atoms with E-state index in [1.807, 2.05) is 12.1 Å². The third kappa shape index (κ3) is 3.57. The molecule has 9 heteroatoms. The first-order valence-electron chi connectivity index (χ1n) is 7.04. The molecule has 0 radical (unpaired) electrons. The number of hydrogen-bond donors (Lipinski definition) is 1. The van der Waals surface area contributed by atoms with Crippen molar-refractivity contribution >= 4 is 15.9 Å². The average Bonchev–Trinajstić information content (AvgIpc) is 3.06. The van der Waals surface area contributed by atoms with Gasteiger partial charge in [0, 0.05) is 18.9 Å². The number of carbonyl (C=O) groups excluding carboxylic acids is 1. The normalized spacial score (nSPS) is 14.7. The van der Waals surface area contributed by atoms with Crippen molar-refractivity contribution < 1.29 is 17.6 Å². The Balaban J connectivity index is 1.56. The van der Waals surface area contributed by atoms with Gasteiger partial charge in [0.05, 0.1) is 25.0 Å². The van der Waals surface area contributed by atoms with Crippen LogP contribution in [0.15, 0.2) is 28.9 Å². The lowest BCUT2D eigenvalue weighted by Gasteiger charge is -2.10. The first-order valence-corrected chi connectivity index (χ1v) is 8.89. The van der Waals surface area contributed by atoms with Crippen LogP contribution in [0.4, 0.5) is 0 Å². The molecule has 0 saturated carbocycles. The molecule has 2 aromatic heterocycles. The maximum absolute atomic E-state index is 12.0. The second-order valence-electron chi connectivity index (χ2n) is 5.29. The van der Waals surface area contributed by atoms with E-state index in [4.69, 9.17) is 4.42 Å². The summed E-state index contributed by atoms with van der Waals surface area (Å²) < 4.78 is 29.6. The van der Waals surface area contributed by atoms with E-state index in [0.717, 1.165) is 11.8 Å². The lowest BCUT2D eigenvalue weighted by Crippen LogP contribution is -2.27. The Labute approximate surface area is 133 Å². The van der Waals surface area contributed by atoms with Crippen LogP contribution in [-0.2, 0) is 29.5 Å². The summed E-state index contributed by atoms with van der Waals surface area (Å²) in [6.45, 7) is 0.692. The Morgan fingerprint density at radius 1 is 1.43 bits per heavy atom. The predicted octanol–water partition coefficient (Wildman–Crippen LogP) is 0.317. The average molecular weight is 336 g/mol. The molecule has 0 aromatic carbocycles. The maximum atomic E-state index is 12.0. The highest BCUT2D eigenvalue weighted by Gasteiger charge is 2.32. The summed E-state index contributed by atoms with van der Waals surface area (Å²) in [5.74, 6) is -0.0173. The van der Waals surface area contributed by atoms with Gasteiger partial charge in [-0.2, -0.15) is 4.31 Å². The SMILES string of the molecule is CS(=O)(=O)N1Cc2nc(C(=O)NCCc3cccnc3)oc2C1. The van der Waals surface area contributed by atoms with Crippen LogP contribution in [0.25, 0.3) is 0 Å². The molecule has 1 aliphatic rings.